The molecule has 3 aromatic rings. The van der Waals surface area contributed by atoms with Gasteiger partial charge in [-0.05, 0) is 12.1 Å². The molecule has 154 valence electrons. The van der Waals surface area contributed by atoms with Crippen LogP contribution >= 0.6 is 0 Å². The molecule has 7 nitrogen and oxygen atoms in total. The summed E-state index contributed by atoms with van der Waals surface area (Å²) in [5.74, 6) is 2.01. The Kier molecular flexibility index (Phi) is 5.79. The van der Waals surface area contributed by atoms with E-state index in [-0.39, 0.29) is 5.91 Å². The first-order valence-electron chi connectivity index (χ1n) is 9.83. The van der Waals surface area contributed by atoms with Gasteiger partial charge in [-0.3, -0.25) is 4.79 Å². The van der Waals surface area contributed by atoms with Crippen LogP contribution in [0.25, 0.3) is 11.3 Å². The molecule has 0 atom stereocenters. The molecule has 1 saturated heterocycles. The van der Waals surface area contributed by atoms with Crippen LogP contribution in [-0.2, 0) is 0 Å². The van der Waals surface area contributed by atoms with E-state index in [0.717, 1.165) is 17.1 Å². The van der Waals surface area contributed by atoms with Crippen LogP contribution in [0, 0.1) is 0 Å². The average Bonchev–Trinajstić information content (AvgIpc) is 2.84. The molecular formula is C23H24N4O3. The number of amides is 1. The molecular weight excluding hydrogens is 380 g/mol. The zero-order valence-corrected chi connectivity index (χ0v) is 17.1. The average molecular weight is 404 g/mol. The quantitative estimate of drug-likeness (QED) is 0.651. The Morgan fingerprint density at radius 1 is 0.900 bits per heavy atom. The van der Waals surface area contributed by atoms with E-state index in [4.69, 9.17) is 9.47 Å². The first-order chi connectivity index (χ1) is 14.7. The number of hydrogen-bond donors (Lipinski definition) is 0. The second-order valence-corrected chi connectivity index (χ2v) is 6.97. The van der Waals surface area contributed by atoms with E-state index in [1.54, 1.807) is 38.7 Å². The highest BCUT2D eigenvalue weighted by Gasteiger charge is 2.25. The van der Waals surface area contributed by atoms with Crippen molar-refractivity contribution < 1.29 is 14.3 Å². The zero-order chi connectivity index (χ0) is 20.9. The summed E-state index contributed by atoms with van der Waals surface area (Å²) >= 11 is 0. The maximum Gasteiger partial charge on any atom is 0.257 e. The molecule has 4 rings (SSSR count). The fourth-order valence-corrected chi connectivity index (χ4v) is 3.57. The largest absolute Gasteiger partial charge is 0.497 e. The second-order valence-electron chi connectivity index (χ2n) is 6.97. The summed E-state index contributed by atoms with van der Waals surface area (Å²) in [6.45, 7) is 2.63. The van der Waals surface area contributed by atoms with E-state index in [0.29, 0.717) is 43.2 Å². The molecule has 0 unspecified atom stereocenters. The van der Waals surface area contributed by atoms with Gasteiger partial charge >= 0.3 is 0 Å². The van der Waals surface area contributed by atoms with Crippen molar-refractivity contribution in [3.63, 3.8) is 0 Å². The maximum absolute atomic E-state index is 13.0. The number of benzene rings is 2. The van der Waals surface area contributed by atoms with E-state index in [1.807, 2.05) is 41.3 Å². The Labute approximate surface area is 175 Å². The van der Waals surface area contributed by atoms with Crippen LogP contribution < -0.4 is 14.4 Å². The first kappa shape index (κ1) is 19.7. The molecule has 1 aliphatic rings. The Morgan fingerprint density at radius 3 is 2.37 bits per heavy atom. The molecule has 0 bridgehead atoms. The number of carbonyl (C=O) groups is 1. The number of rotatable bonds is 5. The molecule has 2 heterocycles. The lowest BCUT2D eigenvalue weighted by Gasteiger charge is -2.35. The Morgan fingerprint density at radius 2 is 1.67 bits per heavy atom. The number of hydrogen-bond acceptors (Lipinski definition) is 6. The van der Waals surface area contributed by atoms with Crippen molar-refractivity contribution in [2.24, 2.45) is 0 Å². The van der Waals surface area contributed by atoms with Crippen LogP contribution in [0.3, 0.4) is 0 Å². The van der Waals surface area contributed by atoms with Gasteiger partial charge in [0, 0.05) is 43.9 Å². The fourth-order valence-electron chi connectivity index (χ4n) is 3.57. The number of aromatic nitrogens is 2. The summed E-state index contributed by atoms with van der Waals surface area (Å²) in [6, 6.07) is 17.3. The minimum Gasteiger partial charge on any atom is -0.497 e. The number of nitrogens with zero attached hydrogens (tertiary/aromatic N) is 4. The molecule has 1 fully saturated rings. The molecule has 0 N–H and O–H groups in total. The summed E-state index contributed by atoms with van der Waals surface area (Å²) in [5.41, 5.74) is 2.49. The van der Waals surface area contributed by atoms with Gasteiger partial charge in [-0.15, -0.1) is 0 Å². The van der Waals surface area contributed by atoms with Crippen LogP contribution in [0.15, 0.2) is 60.9 Å². The van der Waals surface area contributed by atoms with Gasteiger partial charge in [0.25, 0.3) is 5.91 Å². The van der Waals surface area contributed by atoms with Crippen molar-refractivity contribution in [3.05, 3.63) is 66.5 Å². The molecule has 1 aromatic heterocycles. The van der Waals surface area contributed by atoms with Crippen molar-refractivity contribution in [2.75, 3.05) is 45.3 Å². The molecule has 1 amide bonds. The predicted octanol–water partition coefficient (Wildman–Crippen LogP) is 3.12. The van der Waals surface area contributed by atoms with Gasteiger partial charge < -0.3 is 19.3 Å². The summed E-state index contributed by atoms with van der Waals surface area (Å²) in [5, 5.41) is 0. The first-order valence-corrected chi connectivity index (χ1v) is 9.83. The van der Waals surface area contributed by atoms with Gasteiger partial charge in [0.1, 0.15) is 23.6 Å². The van der Waals surface area contributed by atoms with Crippen molar-refractivity contribution in [3.8, 4) is 22.8 Å². The van der Waals surface area contributed by atoms with Gasteiger partial charge in [0.05, 0.1) is 25.5 Å². The Hall–Kier alpha value is -3.61. The third kappa shape index (κ3) is 4.05. The number of ether oxygens (including phenoxy) is 2. The molecule has 0 spiro atoms. The maximum atomic E-state index is 13.0. The lowest BCUT2D eigenvalue weighted by Crippen LogP contribution is -2.49. The molecule has 0 saturated carbocycles. The van der Waals surface area contributed by atoms with E-state index in [1.165, 1.54) is 0 Å². The summed E-state index contributed by atoms with van der Waals surface area (Å²) in [7, 11) is 3.15. The smallest absolute Gasteiger partial charge is 0.257 e. The number of carbonyl (C=O) groups excluding carboxylic acids is 1. The van der Waals surface area contributed by atoms with Gasteiger partial charge in [0.15, 0.2) is 0 Å². The summed E-state index contributed by atoms with van der Waals surface area (Å²) in [6.07, 6.45) is 1.59. The molecule has 30 heavy (non-hydrogen) atoms. The highest BCUT2D eigenvalue weighted by Crippen LogP contribution is 2.27. The lowest BCUT2D eigenvalue weighted by atomic mass is 10.1. The van der Waals surface area contributed by atoms with E-state index in [2.05, 4.69) is 14.9 Å². The van der Waals surface area contributed by atoms with Gasteiger partial charge in [-0.1, -0.05) is 30.3 Å². The van der Waals surface area contributed by atoms with E-state index >= 15 is 0 Å². The van der Waals surface area contributed by atoms with Crippen molar-refractivity contribution in [1.82, 2.24) is 14.9 Å². The molecule has 2 aromatic carbocycles. The van der Waals surface area contributed by atoms with Crippen molar-refractivity contribution >= 4 is 11.7 Å². The molecule has 1 aliphatic heterocycles. The summed E-state index contributed by atoms with van der Waals surface area (Å²) < 4.78 is 10.6. The minimum absolute atomic E-state index is 0.0400. The Bertz CT molecular complexity index is 1020. The second kappa shape index (κ2) is 8.82. The minimum atomic E-state index is -0.0400. The highest BCUT2D eigenvalue weighted by atomic mass is 16.5. The molecule has 7 heteroatoms. The third-order valence-electron chi connectivity index (χ3n) is 5.25. The lowest BCUT2D eigenvalue weighted by molar-refractivity contribution is 0.0743. The third-order valence-corrected chi connectivity index (χ3v) is 5.25. The van der Waals surface area contributed by atoms with Crippen molar-refractivity contribution in [2.45, 2.75) is 0 Å². The monoisotopic (exact) mass is 404 g/mol. The highest BCUT2D eigenvalue weighted by molar-refractivity contribution is 5.97. The fraction of sp³-hybridized carbons (Fsp3) is 0.261. The number of methoxy groups -OCH3 is 2. The summed E-state index contributed by atoms with van der Waals surface area (Å²) in [4.78, 5) is 25.9. The predicted molar refractivity (Wildman–Crippen MR) is 115 cm³/mol. The standard InChI is InChI=1S/C23H24N4O3/c1-29-18-8-9-19(21(14-18)30-2)23(28)27-12-10-26(11-13-27)22-15-20(24-16-25-22)17-6-4-3-5-7-17/h3-9,14-16H,10-13H2,1-2H3. The van der Waals surface area contributed by atoms with Crippen LogP contribution in [0.2, 0.25) is 0 Å². The molecule has 0 aliphatic carbocycles. The van der Waals surface area contributed by atoms with Crippen LogP contribution in [-0.4, -0.2) is 61.2 Å². The van der Waals surface area contributed by atoms with Gasteiger partial charge in [-0.2, -0.15) is 0 Å². The normalized spacial score (nSPS) is 13.8. The van der Waals surface area contributed by atoms with E-state index in [9.17, 15) is 4.79 Å². The van der Waals surface area contributed by atoms with Gasteiger partial charge in [-0.25, -0.2) is 9.97 Å². The van der Waals surface area contributed by atoms with Crippen LogP contribution in [0.1, 0.15) is 10.4 Å². The zero-order valence-electron chi connectivity index (χ0n) is 17.1. The van der Waals surface area contributed by atoms with E-state index < -0.39 is 0 Å². The SMILES string of the molecule is COc1ccc(C(=O)N2CCN(c3cc(-c4ccccc4)ncn3)CC2)c(OC)c1. The van der Waals surface area contributed by atoms with Crippen molar-refractivity contribution in [1.29, 1.82) is 0 Å². The van der Waals surface area contributed by atoms with Crippen LogP contribution in [0.5, 0.6) is 11.5 Å². The Balaban J connectivity index is 1.45. The number of piperazine rings is 1. The topological polar surface area (TPSA) is 67.8 Å². The number of anilines is 1. The molecule has 0 radical (unpaired) electrons. The van der Waals surface area contributed by atoms with Crippen LogP contribution in [0.4, 0.5) is 5.82 Å². The van der Waals surface area contributed by atoms with Gasteiger partial charge in [0.2, 0.25) is 0 Å².